The maximum absolute atomic E-state index is 13.0. The SMILES string of the molecule is Cn1cncc1C(O)(c1ccc(Cl)cc1)c1ccc2c(c1)c(-c1cccc(C#C[Si](C)(C)C)c1)cc(=O)n2C. The van der Waals surface area contributed by atoms with Gasteiger partial charge in [-0.2, -0.15) is 0 Å². The molecule has 0 radical (unpaired) electrons. The first-order valence-electron chi connectivity index (χ1n) is 12.7. The zero-order valence-corrected chi connectivity index (χ0v) is 24.4. The van der Waals surface area contributed by atoms with E-state index in [0.717, 1.165) is 27.6 Å². The highest BCUT2D eigenvalue weighted by molar-refractivity contribution is 6.83. The van der Waals surface area contributed by atoms with Crippen LogP contribution < -0.4 is 5.56 Å². The number of nitrogens with zero attached hydrogens (tertiary/aromatic N) is 3. The van der Waals surface area contributed by atoms with Gasteiger partial charge in [-0.25, -0.2) is 4.98 Å². The standard InChI is InChI=1S/C32H30ClN3O2Si/c1-35-21-34-20-30(35)32(38,24-9-12-26(33)13-10-24)25-11-14-29-28(18-25)27(19-31(37)36(29)2)23-8-6-7-22(17-23)15-16-39(3,4)5/h6-14,17-21,38H,1-5H3. The molecule has 5 aromatic rings. The van der Waals surface area contributed by atoms with Crippen molar-refractivity contribution in [2.45, 2.75) is 25.2 Å². The zero-order valence-electron chi connectivity index (χ0n) is 22.7. The van der Waals surface area contributed by atoms with Crippen molar-refractivity contribution in [3.8, 4) is 22.6 Å². The van der Waals surface area contributed by atoms with Crippen LogP contribution in [-0.2, 0) is 19.7 Å². The molecule has 7 heteroatoms. The van der Waals surface area contributed by atoms with Gasteiger partial charge in [0.15, 0.2) is 5.60 Å². The molecule has 0 bridgehead atoms. The zero-order chi connectivity index (χ0) is 27.9. The molecule has 0 aliphatic carbocycles. The molecule has 196 valence electrons. The van der Waals surface area contributed by atoms with E-state index in [1.165, 1.54) is 0 Å². The van der Waals surface area contributed by atoms with Crippen molar-refractivity contribution < 1.29 is 5.11 Å². The number of hydrogen-bond donors (Lipinski definition) is 1. The van der Waals surface area contributed by atoms with Crippen LogP contribution >= 0.6 is 11.6 Å². The highest BCUT2D eigenvalue weighted by Crippen LogP contribution is 2.39. The molecule has 0 amide bonds. The number of halogens is 1. The lowest BCUT2D eigenvalue weighted by Gasteiger charge is -2.30. The fourth-order valence-corrected chi connectivity index (χ4v) is 5.45. The first-order chi connectivity index (χ1) is 18.5. The molecule has 1 atom stereocenters. The Balaban J connectivity index is 1.78. The average molecular weight is 552 g/mol. The predicted octanol–water partition coefficient (Wildman–Crippen LogP) is 6.11. The van der Waals surface area contributed by atoms with Gasteiger partial charge in [-0.1, -0.05) is 67.5 Å². The van der Waals surface area contributed by atoms with E-state index in [-0.39, 0.29) is 5.56 Å². The number of benzene rings is 3. The molecule has 5 rings (SSSR count). The van der Waals surface area contributed by atoms with Crippen LogP contribution in [0, 0.1) is 11.5 Å². The van der Waals surface area contributed by atoms with Crippen molar-refractivity contribution in [1.29, 1.82) is 0 Å². The van der Waals surface area contributed by atoms with Crippen molar-refractivity contribution in [3.63, 3.8) is 0 Å². The molecule has 5 nitrogen and oxygen atoms in total. The molecule has 0 aliphatic heterocycles. The summed E-state index contributed by atoms with van der Waals surface area (Å²) in [6, 6.07) is 22.5. The normalized spacial score (nSPS) is 13.1. The monoisotopic (exact) mass is 551 g/mol. The molecule has 2 aromatic heterocycles. The van der Waals surface area contributed by atoms with Crippen LogP contribution in [0.5, 0.6) is 0 Å². The van der Waals surface area contributed by atoms with Gasteiger partial charge in [0.2, 0.25) is 0 Å². The summed E-state index contributed by atoms with van der Waals surface area (Å²) in [7, 11) is 2.06. The Labute approximate surface area is 234 Å². The van der Waals surface area contributed by atoms with Crippen LogP contribution in [0.1, 0.15) is 22.4 Å². The van der Waals surface area contributed by atoms with Gasteiger partial charge in [-0.15, -0.1) is 5.54 Å². The molecule has 0 spiro atoms. The highest BCUT2D eigenvalue weighted by atomic mass is 35.5. The van der Waals surface area contributed by atoms with E-state index in [1.54, 1.807) is 46.9 Å². The van der Waals surface area contributed by atoms with Gasteiger partial charge in [0, 0.05) is 36.1 Å². The van der Waals surface area contributed by atoms with E-state index >= 15 is 0 Å². The quantitative estimate of drug-likeness (QED) is 0.217. The molecular weight excluding hydrogens is 522 g/mol. The number of aromatic nitrogens is 3. The molecule has 3 aromatic carbocycles. The van der Waals surface area contributed by atoms with Crippen molar-refractivity contribution in [3.05, 3.63) is 123 Å². The van der Waals surface area contributed by atoms with Gasteiger partial charge in [-0.05, 0) is 58.7 Å². The number of aryl methyl sites for hydroxylation is 2. The summed E-state index contributed by atoms with van der Waals surface area (Å²) in [6.07, 6.45) is 3.33. The number of aliphatic hydroxyl groups is 1. The Morgan fingerprint density at radius 3 is 2.33 bits per heavy atom. The smallest absolute Gasteiger partial charge is 0.251 e. The van der Waals surface area contributed by atoms with Gasteiger partial charge in [0.1, 0.15) is 8.07 Å². The number of fused-ring (bicyclic) bond motifs is 1. The second kappa shape index (κ2) is 10.0. The van der Waals surface area contributed by atoms with Crippen LogP contribution in [0.15, 0.2) is 90.1 Å². The van der Waals surface area contributed by atoms with Crippen molar-refractivity contribution in [2.75, 3.05) is 0 Å². The average Bonchev–Trinajstić information content (AvgIpc) is 3.35. The maximum atomic E-state index is 13.0. The van der Waals surface area contributed by atoms with E-state index in [2.05, 4.69) is 36.1 Å². The van der Waals surface area contributed by atoms with E-state index in [1.807, 2.05) is 61.6 Å². The van der Waals surface area contributed by atoms with Gasteiger partial charge in [0.05, 0.1) is 23.7 Å². The summed E-state index contributed by atoms with van der Waals surface area (Å²) >= 11 is 6.18. The van der Waals surface area contributed by atoms with Gasteiger partial charge in [-0.3, -0.25) is 4.79 Å². The summed E-state index contributed by atoms with van der Waals surface area (Å²) in [5, 5.41) is 13.9. The summed E-state index contributed by atoms with van der Waals surface area (Å²) in [5.74, 6) is 3.32. The Bertz CT molecular complexity index is 1820. The minimum atomic E-state index is -1.55. The van der Waals surface area contributed by atoms with Gasteiger partial charge in [0.25, 0.3) is 5.56 Å². The van der Waals surface area contributed by atoms with Crippen molar-refractivity contribution >= 4 is 30.6 Å². The molecule has 0 saturated carbocycles. The van der Waals surface area contributed by atoms with Crippen LogP contribution in [0.25, 0.3) is 22.0 Å². The predicted molar refractivity (Wildman–Crippen MR) is 162 cm³/mol. The summed E-state index contributed by atoms with van der Waals surface area (Å²) in [4.78, 5) is 17.3. The topological polar surface area (TPSA) is 60.0 Å². The van der Waals surface area contributed by atoms with Crippen molar-refractivity contribution in [2.24, 2.45) is 14.1 Å². The van der Waals surface area contributed by atoms with Crippen LogP contribution in [0.2, 0.25) is 24.7 Å². The van der Waals surface area contributed by atoms with Crippen LogP contribution in [0.4, 0.5) is 0 Å². The Kier molecular flexibility index (Phi) is 6.85. The summed E-state index contributed by atoms with van der Waals surface area (Å²) in [6.45, 7) is 6.64. The van der Waals surface area contributed by atoms with Gasteiger partial charge >= 0.3 is 0 Å². The fourth-order valence-electron chi connectivity index (χ4n) is 4.81. The first-order valence-corrected chi connectivity index (χ1v) is 16.6. The van der Waals surface area contributed by atoms with Gasteiger partial charge < -0.3 is 14.2 Å². The minimum absolute atomic E-state index is 0.108. The first kappa shape index (κ1) is 26.7. The van der Waals surface area contributed by atoms with Crippen molar-refractivity contribution in [1.82, 2.24) is 14.1 Å². The summed E-state index contributed by atoms with van der Waals surface area (Å²) < 4.78 is 3.43. The molecule has 1 unspecified atom stereocenters. The third-order valence-corrected chi connectivity index (χ3v) is 8.00. The number of imidazole rings is 1. The third kappa shape index (κ3) is 5.09. The lowest BCUT2D eigenvalue weighted by atomic mass is 9.82. The Morgan fingerprint density at radius 2 is 1.67 bits per heavy atom. The lowest BCUT2D eigenvalue weighted by Crippen LogP contribution is -2.31. The second-order valence-corrected chi connectivity index (χ2v) is 16.1. The second-order valence-electron chi connectivity index (χ2n) is 10.9. The number of pyridine rings is 1. The molecule has 0 aliphatic rings. The lowest BCUT2D eigenvalue weighted by molar-refractivity contribution is 0.117. The molecule has 0 fully saturated rings. The Morgan fingerprint density at radius 1 is 0.949 bits per heavy atom. The third-order valence-electron chi connectivity index (χ3n) is 6.87. The van der Waals surface area contributed by atoms with E-state index < -0.39 is 13.7 Å². The van der Waals surface area contributed by atoms with E-state index in [4.69, 9.17) is 11.6 Å². The highest BCUT2D eigenvalue weighted by Gasteiger charge is 2.37. The number of rotatable bonds is 4. The molecule has 2 heterocycles. The Hall–Kier alpha value is -3.89. The molecule has 39 heavy (non-hydrogen) atoms. The van der Waals surface area contributed by atoms with Crippen LogP contribution in [0.3, 0.4) is 0 Å². The molecule has 0 saturated heterocycles. The van der Waals surface area contributed by atoms with E-state index in [9.17, 15) is 9.90 Å². The molecular formula is C32H30ClN3O2Si. The van der Waals surface area contributed by atoms with Crippen LogP contribution in [-0.4, -0.2) is 27.3 Å². The maximum Gasteiger partial charge on any atom is 0.251 e. The minimum Gasteiger partial charge on any atom is -0.374 e. The fraction of sp³-hybridized carbons (Fsp3) is 0.188. The summed E-state index contributed by atoms with van der Waals surface area (Å²) in [5.41, 5.74) is 7.07. The van der Waals surface area contributed by atoms with E-state index in [0.29, 0.717) is 21.8 Å². The molecule has 1 N–H and O–H groups in total. The largest absolute Gasteiger partial charge is 0.374 e. The number of hydrogen-bond acceptors (Lipinski definition) is 3.